The summed E-state index contributed by atoms with van der Waals surface area (Å²) in [5.74, 6) is 0. The summed E-state index contributed by atoms with van der Waals surface area (Å²) >= 11 is 3.37. The normalized spacial score (nSPS) is 10.9. The summed E-state index contributed by atoms with van der Waals surface area (Å²) < 4.78 is 4.42. The van der Waals surface area contributed by atoms with E-state index in [1.165, 1.54) is 26.7 Å². The maximum Gasteiger partial charge on any atom is 0.117 e. The zero-order valence-corrected chi connectivity index (χ0v) is 11.1. The first-order valence-electron chi connectivity index (χ1n) is 5.46. The zero-order chi connectivity index (χ0) is 11.7. The van der Waals surface area contributed by atoms with Crippen LogP contribution in [0.3, 0.4) is 0 Å². The average Bonchev–Trinajstić information content (AvgIpc) is 2.93. The van der Waals surface area contributed by atoms with Crippen molar-refractivity contribution < 1.29 is 0 Å². The predicted octanol–water partition coefficient (Wildman–Crippen LogP) is 4.28. The molecule has 2 heterocycles. The van der Waals surface area contributed by atoms with Gasteiger partial charge in [-0.2, -0.15) is 4.37 Å². The molecule has 0 aliphatic rings. The molecule has 0 saturated carbocycles. The van der Waals surface area contributed by atoms with E-state index in [0.717, 1.165) is 17.1 Å². The Hall–Kier alpha value is -1.39. The molecule has 0 fully saturated rings. The van der Waals surface area contributed by atoms with Crippen LogP contribution in [0.2, 0.25) is 0 Å². The van der Waals surface area contributed by atoms with Crippen LogP contribution in [0.15, 0.2) is 36.4 Å². The maximum atomic E-state index is 4.42. The second kappa shape index (κ2) is 4.47. The van der Waals surface area contributed by atoms with Crippen molar-refractivity contribution in [3.8, 4) is 0 Å². The van der Waals surface area contributed by atoms with Crippen LogP contribution in [-0.4, -0.2) is 4.37 Å². The van der Waals surface area contributed by atoms with Gasteiger partial charge in [0.15, 0.2) is 0 Å². The number of rotatable bonds is 3. The lowest BCUT2D eigenvalue weighted by atomic mass is 10.2. The molecule has 0 bridgehead atoms. The molecule has 0 unspecified atom stereocenters. The van der Waals surface area contributed by atoms with E-state index < -0.39 is 0 Å². The van der Waals surface area contributed by atoms with E-state index >= 15 is 0 Å². The Kier molecular flexibility index (Phi) is 2.82. The van der Waals surface area contributed by atoms with Gasteiger partial charge in [0.1, 0.15) is 5.00 Å². The Morgan fingerprint density at radius 3 is 2.88 bits per heavy atom. The van der Waals surface area contributed by atoms with Gasteiger partial charge in [0, 0.05) is 15.1 Å². The Morgan fingerprint density at radius 1 is 1.18 bits per heavy atom. The second-order valence-corrected chi connectivity index (χ2v) is 6.04. The molecule has 2 nitrogen and oxygen atoms in total. The number of hydrogen-bond donors (Lipinski definition) is 1. The molecule has 3 aromatic rings. The molecule has 0 radical (unpaired) electrons. The number of hydrogen-bond acceptors (Lipinski definition) is 4. The van der Waals surface area contributed by atoms with Crippen molar-refractivity contribution in [2.45, 2.75) is 13.5 Å². The number of anilines is 1. The average molecular weight is 260 g/mol. The molecule has 86 valence electrons. The van der Waals surface area contributed by atoms with Crippen molar-refractivity contribution in [2.75, 3.05) is 5.32 Å². The van der Waals surface area contributed by atoms with Gasteiger partial charge in [0.25, 0.3) is 0 Å². The fraction of sp³-hybridized carbons (Fsp3) is 0.154. The molecule has 0 saturated heterocycles. The van der Waals surface area contributed by atoms with Crippen LogP contribution in [0.4, 0.5) is 5.00 Å². The van der Waals surface area contributed by atoms with Gasteiger partial charge in [-0.3, -0.25) is 0 Å². The topological polar surface area (TPSA) is 24.9 Å². The molecule has 1 N–H and O–H groups in total. The summed E-state index contributed by atoms with van der Waals surface area (Å²) in [6, 6.07) is 12.6. The monoisotopic (exact) mass is 260 g/mol. The van der Waals surface area contributed by atoms with Gasteiger partial charge in [-0.1, -0.05) is 12.1 Å². The van der Waals surface area contributed by atoms with Crippen LogP contribution < -0.4 is 5.32 Å². The molecule has 0 spiro atoms. The first-order chi connectivity index (χ1) is 8.33. The fourth-order valence-corrected chi connectivity index (χ4v) is 3.35. The Balaban J connectivity index is 1.81. The molecule has 17 heavy (non-hydrogen) atoms. The first kappa shape index (κ1) is 10.7. The third-order valence-electron chi connectivity index (χ3n) is 2.60. The van der Waals surface area contributed by atoms with Crippen molar-refractivity contribution in [3.63, 3.8) is 0 Å². The van der Waals surface area contributed by atoms with Crippen LogP contribution in [0.25, 0.3) is 10.9 Å². The van der Waals surface area contributed by atoms with E-state index in [-0.39, 0.29) is 0 Å². The molecule has 0 aliphatic heterocycles. The van der Waals surface area contributed by atoms with E-state index in [1.807, 2.05) is 23.5 Å². The minimum absolute atomic E-state index is 0.880. The zero-order valence-electron chi connectivity index (χ0n) is 9.43. The van der Waals surface area contributed by atoms with Crippen LogP contribution >= 0.6 is 22.9 Å². The highest BCUT2D eigenvalue weighted by atomic mass is 32.1. The van der Waals surface area contributed by atoms with Crippen molar-refractivity contribution in [2.24, 2.45) is 0 Å². The van der Waals surface area contributed by atoms with E-state index in [1.54, 1.807) is 0 Å². The number of nitrogens with one attached hydrogen (secondary N) is 1. The van der Waals surface area contributed by atoms with Crippen LogP contribution in [0, 0.1) is 6.92 Å². The van der Waals surface area contributed by atoms with Gasteiger partial charge in [-0.15, -0.1) is 11.3 Å². The second-order valence-electron chi connectivity index (χ2n) is 3.89. The number of thiophene rings is 1. The van der Waals surface area contributed by atoms with Gasteiger partial charge >= 0.3 is 0 Å². The summed E-state index contributed by atoms with van der Waals surface area (Å²) in [6.07, 6.45) is 0. The third kappa shape index (κ3) is 2.18. The minimum Gasteiger partial charge on any atom is -0.370 e. The summed E-state index contributed by atoms with van der Waals surface area (Å²) in [4.78, 5) is 2.72. The molecule has 0 amide bonds. The van der Waals surface area contributed by atoms with Crippen molar-refractivity contribution in [3.05, 3.63) is 46.2 Å². The largest absolute Gasteiger partial charge is 0.370 e. The molecule has 1 aromatic carbocycles. The number of aryl methyl sites for hydroxylation is 1. The van der Waals surface area contributed by atoms with Gasteiger partial charge in [-0.05, 0) is 42.7 Å². The lowest BCUT2D eigenvalue weighted by molar-refractivity contribution is 1.21. The number of aromatic nitrogens is 1. The van der Waals surface area contributed by atoms with E-state index in [9.17, 15) is 0 Å². The number of benzene rings is 1. The highest BCUT2D eigenvalue weighted by Gasteiger charge is 2.04. The third-order valence-corrected chi connectivity index (χ3v) is 4.44. The first-order valence-corrected chi connectivity index (χ1v) is 7.05. The molecule has 3 rings (SSSR count). The molecule has 2 aromatic heterocycles. The fourth-order valence-electron chi connectivity index (χ4n) is 1.76. The van der Waals surface area contributed by atoms with Crippen LogP contribution in [-0.2, 0) is 6.54 Å². The Morgan fingerprint density at radius 2 is 2.06 bits per heavy atom. The van der Waals surface area contributed by atoms with Gasteiger partial charge in [0.05, 0.1) is 12.1 Å². The van der Waals surface area contributed by atoms with Crippen LogP contribution in [0.5, 0.6) is 0 Å². The number of nitrogens with zero attached hydrogens (tertiary/aromatic N) is 1. The minimum atomic E-state index is 0.880. The predicted molar refractivity (Wildman–Crippen MR) is 76.0 cm³/mol. The van der Waals surface area contributed by atoms with Gasteiger partial charge in [-0.25, -0.2) is 0 Å². The lowest BCUT2D eigenvalue weighted by Gasteiger charge is -2.01. The molecular weight excluding hydrogens is 248 g/mol. The Bertz CT molecular complexity index is 639. The summed E-state index contributed by atoms with van der Waals surface area (Å²) in [5.41, 5.74) is 1.07. The van der Waals surface area contributed by atoms with E-state index in [0.29, 0.717) is 0 Å². The summed E-state index contributed by atoms with van der Waals surface area (Å²) in [5, 5.41) is 5.84. The summed E-state index contributed by atoms with van der Waals surface area (Å²) in [6.45, 7) is 3.01. The number of fused-ring (bicyclic) bond motifs is 1. The molecule has 0 atom stereocenters. The van der Waals surface area contributed by atoms with Crippen molar-refractivity contribution in [1.82, 2.24) is 4.37 Å². The van der Waals surface area contributed by atoms with E-state index in [2.05, 4.69) is 40.9 Å². The van der Waals surface area contributed by atoms with Gasteiger partial charge < -0.3 is 5.32 Å². The molecule has 4 heteroatoms. The summed E-state index contributed by atoms with van der Waals surface area (Å²) in [7, 11) is 0. The maximum absolute atomic E-state index is 4.42. The highest BCUT2D eigenvalue weighted by Crippen LogP contribution is 2.28. The van der Waals surface area contributed by atoms with Gasteiger partial charge in [0.2, 0.25) is 0 Å². The molecule has 0 aliphatic carbocycles. The lowest BCUT2D eigenvalue weighted by Crippen LogP contribution is -1.94. The molecular formula is C13H12N2S2. The Labute approximate surface area is 108 Å². The van der Waals surface area contributed by atoms with E-state index in [4.69, 9.17) is 0 Å². The SMILES string of the molecule is Cc1ccc(CNc2snc3ccccc23)s1. The standard InChI is InChI=1S/C13H12N2S2/c1-9-6-7-10(16-9)8-14-13-11-4-2-3-5-12(11)15-17-13/h2-7,14H,8H2,1H3. The van der Waals surface area contributed by atoms with Crippen molar-refractivity contribution >= 4 is 38.8 Å². The highest BCUT2D eigenvalue weighted by molar-refractivity contribution is 7.12. The van der Waals surface area contributed by atoms with Crippen molar-refractivity contribution in [1.29, 1.82) is 0 Å². The van der Waals surface area contributed by atoms with Crippen LogP contribution in [0.1, 0.15) is 9.75 Å². The smallest absolute Gasteiger partial charge is 0.117 e. The quantitative estimate of drug-likeness (QED) is 0.760.